The van der Waals surface area contributed by atoms with Gasteiger partial charge in [-0.15, -0.1) is 0 Å². The predicted molar refractivity (Wildman–Crippen MR) is 43.6 cm³/mol. The van der Waals surface area contributed by atoms with Gasteiger partial charge in [0.15, 0.2) is 0 Å². The summed E-state index contributed by atoms with van der Waals surface area (Å²) in [5.41, 5.74) is 11.4. The van der Waals surface area contributed by atoms with E-state index in [1.165, 1.54) is 25.7 Å². The number of hydrogen-bond acceptors (Lipinski definition) is 2. The molecule has 1 rings (SSSR count). The molecule has 10 heavy (non-hydrogen) atoms. The van der Waals surface area contributed by atoms with Crippen molar-refractivity contribution in [2.75, 3.05) is 6.54 Å². The summed E-state index contributed by atoms with van der Waals surface area (Å²) in [4.78, 5) is 0. The lowest BCUT2D eigenvalue weighted by Crippen LogP contribution is -2.34. The Kier molecular flexibility index (Phi) is 3.16. The Labute approximate surface area is 63.0 Å². The first-order valence-electron chi connectivity index (χ1n) is 4.30. The molecule has 0 aromatic heterocycles. The fraction of sp³-hybridized carbons (Fsp3) is 1.00. The van der Waals surface area contributed by atoms with Crippen LogP contribution in [0.2, 0.25) is 0 Å². The van der Waals surface area contributed by atoms with Crippen molar-refractivity contribution >= 4 is 0 Å². The molecule has 0 saturated heterocycles. The summed E-state index contributed by atoms with van der Waals surface area (Å²) >= 11 is 0. The van der Waals surface area contributed by atoms with E-state index < -0.39 is 0 Å². The molecule has 1 aliphatic carbocycles. The van der Waals surface area contributed by atoms with Crippen LogP contribution in [0.5, 0.6) is 0 Å². The van der Waals surface area contributed by atoms with E-state index in [1.54, 1.807) is 0 Å². The molecular weight excluding hydrogens is 124 g/mol. The van der Waals surface area contributed by atoms with Crippen molar-refractivity contribution in [2.45, 2.75) is 38.1 Å². The normalized spacial score (nSPS) is 34.2. The quantitative estimate of drug-likeness (QED) is 0.600. The summed E-state index contributed by atoms with van der Waals surface area (Å²) < 4.78 is 0. The standard InChI is InChI=1S/C8H18N2/c9-6-5-7-3-1-2-4-8(7)10/h7-8H,1-6,9-10H2/t7-,8-/m1/s1. The minimum absolute atomic E-state index is 0.442. The lowest BCUT2D eigenvalue weighted by Gasteiger charge is -2.27. The zero-order chi connectivity index (χ0) is 7.40. The Morgan fingerprint density at radius 3 is 2.50 bits per heavy atom. The molecular formula is C8H18N2. The average Bonchev–Trinajstić information content (AvgIpc) is 1.94. The van der Waals surface area contributed by atoms with Crippen molar-refractivity contribution in [1.29, 1.82) is 0 Å². The van der Waals surface area contributed by atoms with Crippen LogP contribution in [0, 0.1) is 5.92 Å². The zero-order valence-corrected chi connectivity index (χ0v) is 6.55. The molecule has 0 aromatic rings. The highest BCUT2D eigenvalue weighted by atomic mass is 14.7. The van der Waals surface area contributed by atoms with Crippen LogP contribution in [0.1, 0.15) is 32.1 Å². The molecule has 0 aliphatic heterocycles. The number of rotatable bonds is 2. The van der Waals surface area contributed by atoms with Crippen LogP contribution < -0.4 is 11.5 Å². The lowest BCUT2D eigenvalue weighted by atomic mass is 9.83. The Hall–Kier alpha value is -0.0800. The topological polar surface area (TPSA) is 52.0 Å². The fourth-order valence-electron chi connectivity index (χ4n) is 1.81. The van der Waals surface area contributed by atoms with Gasteiger partial charge in [0.25, 0.3) is 0 Å². The van der Waals surface area contributed by atoms with Crippen molar-refractivity contribution in [3.63, 3.8) is 0 Å². The van der Waals surface area contributed by atoms with E-state index in [0.29, 0.717) is 6.04 Å². The van der Waals surface area contributed by atoms with Crippen LogP contribution in [0.4, 0.5) is 0 Å². The van der Waals surface area contributed by atoms with E-state index in [1.807, 2.05) is 0 Å². The molecule has 0 radical (unpaired) electrons. The third kappa shape index (κ3) is 1.96. The molecule has 2 heteroatoms. The van der Waals surface area contributed by atoms with Crippen LogP contribution in [0.3, 0.4) is 0 Å². The van der Waals surface area contributed by atoms with E-state index in [-0.39, 0.29) is 0 Å². The van der Waals surface area contributed by atoms with Crippen molar-refractivity contribution < 1.29 is 0 Å². The van der Waals surface area contributed by atoms with Crippen molar-refractivity contribution in [2.24, 2.45) is 17.4 Å². The molecule has 2 nitrogen and oxygen atoms in total. The molecule has 1 aliphatic rings. The molecule has 60 valence electrons. The molecule has 0 unspecified atom stereocenters. The summed E-state index contributed by atoms with van der Waals surface area (Å²) in [5, 5.41) is 0. The van der Waals surface area contributed by atoms with Crippen LogP contribution >= 0.6 is 0 Å². The van der Waals surface area contributed by atoms with E-state index in [2.05, 4.69) is 0 Å². The van der Waals surface area contributed by atoms with Gasteiger partial charge < -0.3 is 11.5 Å². The van der Waals surface area contributed by atoms with Gasteiger partial charge in [-0.1, -0.05) is 12.8 Å². The smallest absolute Gasteiger partial charge is 0.00676 e. The third-order valence-electron chi connectivity index (χ3n) is 2.51. The Bertz CT molecular complexity index is 91.3. The maximum absolute atomic E-state index is 5.91. The summed E-state index contributed by atoms with van der Waals surface area (Å²) in [6, 6.07) is 0.442. The molecule has 1 fully saturated rings. The van der Waals surface area contributed by atoms with Crippen LogP contribution in [-0.4, -0.2) is 12.6 Å². The Morgan fingerprint density at radius 1 is 1.20 bits per heavy atom. The minimum atomic E-state index is 0.442. The second-order valence-electron chi connectivity index (χ2n) is 3.29. The molecule has 4 N–H and O–H groups in total. The first-order valence-corrected chi connectivity index (χ1v) is 4.30. The van der Waals surface area contributed by atoms with Gasteiger partial charge in [-0.3, -0.25) is 0 Å². The highest BCUT2D eigenvalue weighted by Gasteiger charge is 2.20. The minimum Gasteiger partial charge on any atom is -0.330 e. The van der Waals surface area contributed by atoms with Gasteiger partial charge in [0.1, 0.15) is 0 Å². The van der Waals surface area contributed by atoms with E-state index in [0.717, 1.165) is 18.9 Å². The molecule has 0 spiro atoms. The molecule has 0 heterocycles. The predicted octanol–water partition coefficient (Wildman–Crippen LogP) is 0.853. The molecule has 0 amide bonds. The van der Waals surface area contributed by atoms with Gasteiger partial charge in [0, 0.05) is 6.04 Å². The third-order valence-corrected chi connectivity index (χ3v) is 2.51. The van der Waals surface area contributed by atoms with Crippen LogP contribution in [0.15, 0.2) is 0 Å². The Morgan fingerprint density at radius 2 is 1.90 bits per heavy atom. The average molecular weight is 142 g/mol. The monoisotopic (exact) mass is 142 g/mol. The van der Waals surface area contributed by atoms with Crippen molar-refractivity contribution in [1.82, 2.24) is 0 Å². The van der Waals surface area contributed by atoms with Gasteiger partial charge in [0.2, 0.25) is 0 Å². The van der Waals surface area contributed by atoms with E-state index in [4.69, 9.17) is 11.5 Å². The first-order chi connectivity index (χ1) is 4.84. The molecule has 1 saturated carbocycles. The summed E-state index contributed by atoms with van der Waals surface area (Å²) in [6.45, 7) is 0.804. The summed E-state index contributed by atoms with van der Waals surface area (Å²) in [5.74, 6) is 0.721. The maximum Gasteiger partial charge on any atom is 0.00676 e. The van der Waals surface area contributed by atoms with Crippen molar-refractivity contribution in [3.8, 4) is 0 Å². The SMILES string of the molecule is NCC[C@H]1CCCC[C@H]1N. The maximum atomic E-state index is 5.91. The number of hydrogen-bond donors (Lipinski definition) is 2. The van der Waals surface area contributed by atoms with Crippen LogP contribution in [-0.2, 0) is 0 Å². The van der Waals surface area contributed by atoms with Crippen molar-refractivity contribution in [3.05, 3.63) is 0 Å². The first kappa shape index (κ1) is 8.02. The molecule has 2 atom stereocenters. The van der Waals surface area contributed by atoms with E-state index in [9.17, 15) is 0 Å². The number of nitrogens with two attached hydrogens (primary N) is 2. The molecule has 0 aromatic carbocycles. The lowest BCUT2D eigenvalue weighted by molar-refractivity contribution is 0.295. The van der Waals surface area contributed by atoms with Gasteiger partial charge >= 0.3 is 0 Å². The highest BCUT2D eigenvalue weighted by molar-refractivity contribution is 4.77. The fourth-order valence-corrected chi connectivity index (χ4v) is 1.81. The van der Waals surface area contributed by atoms with Crippen LogP contribution in [0.25, 0.3) is 0 Å². The second kappa shape index (κ2) is 3.94. The summed E-state index contributed by atoms with van der Waals surface area (Å²) in [6.07, 6.45) is 6.32. The Balaban J connectivity index is 2.25. The van der Waals surface area contributed by atoms with Gasteiger partial charge in [0.05, 0.1) is 0 Å². The van der Waals surface area contributed by atoms with E-state index >= 15 is 0 Å². The van der Waals surface area contributed by atoms with Gasteiger partial charge in [-0.05, 0) is 31.7 Å². The largest absolute Gasteiger partial charge is 0.330 e. The van der Waals surface area contributed by atoms with Gasteiger partial charge in [-0.2, -0.15) is 0 Å². The highest BCUT2D eigenvalue weighted by Crippen LogP contribution is 2.24. The summed E-state index contributed by atoms with van der Waals surface area (Å²) in [7, 11) is 0. The zero-order valence-electron chi connectivity index (χ0n) is 6.55. The van der Waals surface area contributed by atoms with Gasteiger partial charge in [-0.25, -0.2) is 0 Å². The molecule has 0 bridgehead atoms. The second-order valence-corrected chi connectivity index (χ2v) is 3.29.